The van der Waals surface area contributed by atoms with E-state index in [1.165, 1.54) is 0 Å². The van der Waals surface area contributed by atoms with E-state index in [9.17, 15) is 4.79 Å². The Hall–Kier alpha value is -0.370. The van der Waals surface area contributed by atoms with E-state index >= 15 is 0 Å². The molecule has 0 amide bonds. The summed E-state index contributed by atoms with van der Waals surface area (Å²) >= 11 is 0. The maximum Gasteiger partial charge on any atom is 0.147 e. The summed E-state index contributed by atoms with van der Waals surface area (Å²) < 4.78 is 0. The summed E-state index contributed by atoms with van der Waals surface area (Å²) in [6, 6.07) is 0.0247. The molecule has 0 aliphatic carbocycles. The zero-order valence-electron chi connectivity index (χ0n) is 12.3. The standard InChI is InChI=1S/C14H29NO/c1-9-15(8)12(11(2)16)14(6,7)10-13(3,4)5/h12H,9-10H2,1-8H3. The number of nitrogens with zero attached hydrogens (tertiary/aromatic N) is 1. The Bertz CT molecular complexity index is 238. The molecular weight excluding hydrogens is 198 g/mol. The van der Waals surface area contributed by atoms with Crippen LogP contribution in [0.25, 0.3) is 0 Å². The third kappa shape index (κ3) is 4.65. The van der Waals surface area contributed by atoms with Crippen LogP contribution in [0.3, 0.4) is 0 Å². The highest BCUT2D eigenvalue weighted by Gasteiger charge is 2.38. The molecule has 0 spiro atoms. The number of carbonyl (C=O) groups excluding carboxylic acids is 1. The number of rotatable bonds is 5. The molecule has 2 heteroatoms. The molecule has 0 fully saturated rings. The number of likely N-dealkylation sites (N-methyl/N-ethyl adjacent to an activating group) is 1. The predicted molar refractivity (Wildman–Crippen MR) is 70.6 cm³/mol. The summed E-state index contributed by atoms with van der Waals surface area (Å²) in [5.41, 5.74) is 0.278. The lowest BCUT2D eigenvalue weighted by molar-refractivity contribution is -0.126. The molecule has 1 atom stereocenters. The molecule has 0 saturated heterocycles. The van der Waals surface area contributed by atoms with Crippen molar-refractivity contribution < 1.29 is 4.79 Å². The van der Waals surface area contributed by atoms with Crippen molar-refractivity contribution in [1.82, 2.24) is 4.90 Å². The molecule has 16 heavy (non-hydrogen) atoms. The molecule has 0 rings (SSSR count). The van der Waals surface area contributed by atoms with E-state index in [-0.39, 0.29) is 22.7 Å². The Labute approximate surface area is 101 Å². The maximum atomic E-state index is 11.8. The largest absolute Gasteiger partial charge is 0.298 e. The Morgan fingerprint density at radius 3 is 1.88 bits per heavy atom. The van der Waals surface area contributed by atoms with Gasteiger partial charge in [0.1, 0.15) is 5.78 Å². The summed E-state index contributed by atoms with van der Waals surface area (Å²) in [7, 11) is 2.04. The van der Waals surface area contributed by atoms with Crippen molar-refractivity contribution in [2.45, 2.75) is 60.9 Å². The zero-order valence-corrected chi connectivity index (χ0v) is 12.3. The minimum Gasteiger partial charge on any atom is -0.298 e. The van der Waals surface area contributed by atoms with Crippen LogP contribution in [0, 0.1) is 10.8 Å². The molecular formula is C14H29NO. The van der Waals surface area contributed by atoms with Crippen LogP contribution >= 0.6 is 0 Å². The van der Waals surface area contributed by atoms with Gasteiger partial charge in [-0.3, -0.25) is 9.69 Å². The highest BCUT2D eigenvalue weighted by molar-refractivity contribution is 5.82. The first-order chi connectivity index (χ1) is 7.01. The lowest BCUT2D eigenvalue weighted by Crippen LogP contribution is -2.49. The zero-order chi connectivity index (χ0) is 13.1. The monoisotopic (exact) mass is 227 g/mol. The molecule has 0 aromatic carbocycles. The Morgan fingerprint density at radius 2 is 1.62 bits per heavy atom. The Morgan fingerprint density at radius 1 is 1.19 bits per heavy atom. The molecule has 1 unspecified atom stereocenters. The summed E-state index contributed by atoms with van der Waals surface area (Å²) in [4.78, 5) is 14.0. The van der Waals surface area contributed by atoms with Gasteiger partial charge < -0.3 is 0 Å². The number of hydrogen-bond donors (Lipinski definition) is 0. The first-order valence-electron chi connectivity index (χ1n) is 6.22. The van der Waals surface area contributed by atoms with Crippen LogP contribution in [0.4, 0.5) is 0 Å². The van der Waals surface area contributed by atoms with Crippen LogP contribution in [0.5, 0.6) is 0 Å². The first-order valence-corrected chi connectivity index (χ1v) is 6.22. The molecule has 0 aromatic rings. The molecule has 0 aliphatic heterocycles. The van der Waals surface area contributed by atoms with Gasteiger partial charge in [-0.15, -0.1) is 0 Å². The molecule has 2 nitrogen and oxygen atoms in total. The van der Waals surface area contributed by atoms with Crippen LogP contribution in [-0.4, -0.2) is 30.3 Å². The van der Waals surface area contributed by atoms with Gasteiger partial charge in [0.25, 0.3) is 0 Å². The lowest BCUT2D eigenvalue weighted by atomic mass is 9.70. The van der Waals surface area contributed by atoms with E-state index in [1.54, 1.807) is 6.92 Å². The molecule has 0 aliphatic rings. The van der Waals surface area contributed by atoms with Crippen LogP contribution in [0.2, 0.25) is 0 Å². The van der Waals surface area contributed by atoms with E-state index in [2.05, 4.69) is 46.4 Å². The van der Waals surface area contributed by atoms with E-state index < -0.39 is 0 Å². The smallest absolute Gasteiger partial charge is 0.147 e. The van der Waals surface area contributed by atoms with Gasteiger partial charge in [-0.2, -0.15) is 0 Å². The van der Waals surface area contributed by atoms with Crippen LogP contribution in [0.15, 0.2) is 0 Å². The Kier molecular flexibility index (Phi) is 5.18. The minimum absolute atomic E-state index is 0.0227. The van der Waals surface area contributed by atoms with Crippen LogP contribution < -0.4 is 0 Å². The number of carbonyl (C=O) groups is 1. The van der Waals surface area contributed by atoms with Crippen molar-refractivity contribution in [3.63, 3.8) is 0 Å². The van der Waals surface area contributed by atoms with Gasteiger partial charge >= 0.3 is 0 Å². The second kappa shape index (κ2) is 5.31. The second-order valence-electron chi connectivity index (χ2n) is 6.81. The summed E-state index contributed by atoms with van der Waals surface area (Å²) in [5.74, 6) is 0.276. The van der Waals surface area contributed by atoms with Gasteiger partial charge in [0.15, 0.2) is 0 Å². The topological polar surface area (TPSA) is 20.3 Å². The first kappa shape index (κ1) is 15.6. The highest BCUT2D eigenvalue weighted by Crippen LogP contribution is 2.37. The van der Waals surface area contributed by atoms with Gasteiger partial charge in [-0.25, -0.2) is 0 Å². The van der Waals surface area contributed by atoms with Gasteiger partial charge in [0.05, 0.1) is 6.04 Å². The van der Waals surface area contributed by atoms with Crippen molar-refractivity contribution in [3.8, 4) is 0 Å². The van der Waals surface area contributed by atoms with Crippen molar-refractivity contribution in [3.05, 3.63) is 0 Å². The highest BCUT2D eigenvalue weighted by atomic mass is 16.1. The molecule has 0 radical (unpaired) electrons. The molecule has 0 bridgehead atoms. The summed E-state index contributed by atoms with van der Waals surface area (Å²) in [6.07, 6.45) is 1.05. The van der Waals surface area contributed by atoms with Crippen molar-refractivity contribution in [2.24, 2.45) is 10.8 Å². The summed E-state index contributed by atoms with van der Waals surface area (Å²) in [5, 5.41) is 0. The average Bonchev–Trinajstić information content (AvgIpc) is 1.97. The molecule has 96 valence electrons. The van der Waals surface area contributed by atoms with Crippen LogP contribution in [-0.2, 0) is 4.79 Å². The molecule has 0 heterocycles. The predicted octanol–water partition coefficient (Wildman–Crippen LogP) is 3.36. The van der Waals surface area contributed by atoms with E-state index in [4.69, 9.17) is 0 Å². The van der Waals surface area contributed by atoms with E-state index in [0.717, 1.165) is 13.0 Å². The summed E-state index contributed by atoms with van der Waals surface area (Å²) in [6.45, 7) is 15.8. The van der Waals surface area contributed by atoms with Crippen molar-refractivity contribution in [1.29, 1.82) is 0 Å². The van der Waals surface area contributed by atoms with E-state index in [0.29, 0.717) is 0 Å². The molecule has 0 N–H and O–H groups in total. The fraction of sp³-hybridized carbons (Fsp3) is 0.929. The third-order valence-electron chi connectivity index (χ3n) is 3.05. The quantitative estimate of drug-likeness (QED) is 0.718. The van der Waals surface area contributed by atoms with Crippen molar-refractivity contribution in [2.75, 3.05) is 13.6 Å². The maximum absolute atomic E-state index is 11.8. The van der Waals surface area contributed by atoms with Gasteiger partial charge in [0, 0.05) is 0 Å². The number of Topliss-reactive ketones (excluding diaryl/α,β-unsaturated/α-hetero) is 1. The fourth-order valence-electron chi connectivity index (χ4n) is 3.10. The normalized spacial score (nSPS) is 15.3. The average molecular weight is 227 g/mol. The lowest BCUT2D eigenvalue weighted by Gasteiger charge is -2.42. The van der Waals surface area contributed by atoms with Gasteiger partial charge in [0.2, 0.25) is 0 Å². The van der Waals surface area contributed by atoms with Crippen LogP contribution in [0.1, 0.15) is 54.9 Å². The number of ketones is 1. The second-order valence-corrected chi connectivity index (χ2v) is 6.81. The van der Waals surface area contributed by atoms with Crippen molar-refractivity contribution >= 4 is 5.78 Å². The SMILES string of the molecule is CCN(C)C(C(C)=O)C(C)(C)CC(C)(C)C. The molecule has 0 aromatic heterocycles. The molecule has 0 saturated carbocycles. The van der Waals surface area contributed by atoms with E-state index in [1.807, 2.05) is 7.05 Å². The number of hydrogen-bond acceptors (Lipinski definition) is 2. The fourth-order valence-corrected chi connectivity index (χ4v) is 3.10. The van der Waals surface area contributed by atoms with Gasteiger partial charge in [-0.1, -0.05) is 41.5 Å². The minimum atomic E-state index is 0.0227. The Balaban J connectivity index is 4.97. The van der Waals surface area contributed by atoms with Gasteiger partial charge in [-0.05, 0) is 37.8 Å². The third-order valence-corrected chi connectivity index (χ3v) is 3.05.